The summed E-state index contributed by atoms with van der Waals surface area (Å²) in [5.41, 5.74) is 0.930. The standard InChI is InChI=1S/C23H27N3O5S/c1-25-19-13-18(24-22(27)15-7-5-4-6-8-15)21(14-20(19)26(2)23(25)28)32(29,30)17-11-9-16(31-3)10-12-17/h9-15H,4-8H2,1-3H3,(H,24,27). The largest absolute Gasteiger partial charge is 0.497 e. The first-order valence-electron chi connectivity index (χ1n) is 10.6. The van der Waals surface area contributed by atoms with E-state index in [0.717, 1.165) is 32.1 Å². The van der Waals surface area contributed by atoms with Crippen LogP contribution in [-0.4, -0.2) is 30.6 Å². The van der Waals surface area contributed by atoms with Crippen molar-refractivity contribution in [2.45, 2.75) is 41.9 Å². The molecule has 1 aliphatic rings. The van der Waals surface area contributed by atoms with Crippen LogP contribution in [0.5, 0.6) is 5.75 Å². The van der Waals surface area contributed by atoms with Crippen LogP contribution in [0.15, 0.2) is 51.0 Å². The Morgan fingerprint density at radius 1 is 1.00 bits per heavy atom. The highest BCUT2D eigenvalue weighted by molar-refractivity contribution is 7.91. The monoisotopic (exact) mass is 457 g/mol. The summed E-state index contributed by atoms with van der Waals surface area (Å²) in [5, 5.41) is 2.86. The van der Waals surface area contributed by atoms with Crippen molar-refractivity contribution < 1.29 is 17.9 Å². The van der Waals surface area contributed by atoms with Crippen LogP contribution in [0.4, 0.5) is 5.69 Å². The number of hydrogen-bond donors (Lipinski definition) is 1. The minimum atomic E-state index is -3.98. The summed E-state index contributed by atoms with van der Waals surface area (Å²) in [6.07, 6.45) is 4.67. The molecule has 0 aliphatic heterocycles. The molecule has 1 aromatic heterocycles. The maximum atomic E-state index is 13.6. The highest BCUT2D eigenvalue weighted by atomic mass is 32.2. The number of ether oxygens (including phenoxy) is 1. The van der Waals surface area contributed by atoms with Gasteiger partial charge in [-0.15, -0.1) is 0 Å². The van der Waals surface area contributed by atoms with E-state index >= 15 is 0 Å². The van der Waals surface area contributed by atoms with Crippen LogP contribution in [0, 0.1) is 5.92 Å². The summed E-state index contributed by atoms with van der Waals surface area (Å²) >= 11 is 0. The summed E-state index contributed by atoms with van der Waals surface area (Å²) in [6.45, 7) is 0. The Hall–Kier alpha value is -3.07. The number of carbonyl (C=O) groups excluding carboxylic acids is 1. The number of amides is 1. The highest BCUT2D eigenvalue weighted by Gasteiger charge is 2.27. The Morgan fingerprint density at radius 2 is 1.59 bits per heavy atom. The molecule has 2 aromatic carbocycles. The number of sulfone groups is 1. The summed E-state index contributed by atoms with van der Waals surface area (Å²) in [7, 11) is 0.741. The normalized spacial score (nSPS) is 15.1. The third-order valence-corrected chi connectivity index (χ3v) is 8.08. The molecule has 0 unspecified atom stereocenters. The Labute approximate surface area is 186 Å². The SMILES string of the molecule is COc1ccc(S(=O)(=O)c2cc3c(cc2NC(=O)C2CCCCC2)n(C)c(=O)n3C)cc1. The molecule has 1 saturated carbocycles. The van der Waals surface area contributed by atoms with Gasteiger partial charge in [0.2, 0.25) is 15.7 Å². The van der Waals surface area contributed by atoms with E-state index in [1.54, 1.807) is 32.3 Å². The number of nitrogens with zero attached hydrogens (tertiary/aromatic N) is 2. The smallest absolute Gasteiger partial charge is 0.328 e. The van der Waals surface area contributed by atoms with E-state index in [2.05, 4.69) is 5.32 Å². The molecule has 0 radical (unpaired) electrons. The average molecular weight is 458 g/mol. The second-order valence-corrected chi connectivity index (χ2v) is 10.2. The van der Waals surface area contributed by atoms with Gasteiger partial charge in [-0.1, -0.05) is 19.3 Å². The molecular formula is C23H27N3O5S. The predicted octanol–water partition coefficient (Wildman–Crippen LogP) is 3.24. The lowest BCUT2D eigenvalue weighted by Gasteiger charge is -2.21. The third kappa shape index (κ3) is 3.81. The van der Waals surface area contributed by atoms with Crippen molar-refractivity contribution in [2.75, 3.05) is 12.4 Å². The van der Waals surface area contributed by atoms with Gasteiger partial charge in [0.15, 0.2) is 0 Å². The van der Waals surface area contributed by atoms with Crippen LogP contribution in [0.1, 0.15) is 32.1 Å². The van der Waals surface area contributed by atoms with Gasteiger partial charge < -0.3 is 10.1 Å². The number of aromatic nitrogens is 2. The van der Waals surface area contributed by atoms with Crippen molar-refractivity contribution in [3.8, 4) is 5.75 Å². The highest BCUT2D eigenvalue weighted by Crippen LogP contribution is 2.33. The van der Waals surface area contributed by atoms with E-state index in [1.165, 1.54) is 34.4 Å². The van der Waals surface area contributed by atoms with Crippen molar-refractivity contribution in [2.24, 2.45) is 20.0 Å². The summed E-state index contributed by atoms with van der Waals surface area (Å²) < 4.78 is 35.1. The van der Waals surface area contributed by atoms with E-state index in [0.29, 0.717) is 16.8 Å². The van der Waals surface area contributed by atoms with Crippen LogP contribution >= 0.6 is 0 Å². The number of rotatable bonds is 5. The molecule has 1 fully saturated rings. The van der Waals surface area contributed by atoms with Crippen molar-refractivity contribution >= 4 is 32.5 Å². The number of hydrogen-bond acceptors (Lipinski definition) is 5. The van der Waals surface area contributed by atoms with Crippen molar-refractivity contribution in [3.63, 3.8) is 0 Å². The number of benzene rings is 2. The van der Waals surface area contributed by atoms with Crippen LogP contribution in [0.25, 0.3) is 11.0 Å². The summed E-state index contributed by atoms with van der Waals surface area (Å²) in [5.74, 6) is 0.211. The molecule has 0 atom stereocenters. The van der Waals surface area contributed by atoms with Gasteiger partial charge in [0.05, 0.1) is 33.6 Å². The molecule has 0 bridgehead atoms. The quantitative estimate of drug-likeness (QED) is 0.634. The minimum absolute atomic E-state index is 0.0412. The Kier molecular flexibility index (Phi) is 5.85. The van der Waals surface area contributed by atoms with Crippen molar-refractivity contribution in [1.82, 2.24) is 9.13 Å². The van der Waals surface area contributed by atoms with Gasteiger partial charge in [0.1, 0.15) is 5.75 Å². The van der Waals surface area contributed by atoms with E-state index in [4.69, 9.17) is 4.74 Å². The fourth-order valence-corrected chi connectivity index (χ4v) is 5.74. The molecule has 1 amide bonds. The lowest BCUT2D eigenvalue weighted by atomic mass is 9.88. The predicted molar refractivity (Wildman–Crippen MR) is 122 cm³/mol. The molecular weight excluding hydrogens is 430 g/mol. The zero-order chi connectivity index (χ0) is 23.0. The van der Waals surface area contributed by atoms with Gasteiger partial charge in [-0.2, -0.15) is 0 Å². The summed E-state index contributed by atoms with van der Waals surface area (Å²) in [4.78, 5) is 25.4. The van der Waals surface area contributed by atoms with Gasteiger partial charge in [0.25, 0.3) is 0 Å². The van der Waals surface area contributed by atoms with Crippen LogP contribution in [0.3, 0.4) is 0 Å². The minimum Gasteiger partial charge on any atom is -0.497 e. The van der Waals surface area contributed by atoms with Gasteiger partial charge in [-0.25, -0.2) is 13.2 Å². The molecule has 4 rings (SSSR count). The topological polar surface area (TPSA) is 99.4 Å². The third-order valence-electron chi connectivity index (χ3n) is 6.27. The average Bonchev–Trinajstić information content (AvgIpc) is 3.02. The van der Waals surface area contributed by atoms with E-state index < -0.39 is 9.84 Å². The molecule has 9 heteroatoms. The van der Waals surface area contributed by atoms with E-state index in [-0.39, 0.29) is 33.0 Å². The van der Waals surface area contributed by atoms with Gasteiger partial charge in [-0.05, 0) is 49.2 Å². The van der Waals surface area contributed by atoms with Crippen LogP contribution in [-0.2, 0) is 28.7 Å². The van der Waals surface area contributed by atoms with Crippen molar-refractivity contribution in [3.05, 3.63) is 46.9 Å². The zero-order valence-corrected chi connectivity index (χ0v) is 19.2. The number of nitrogens with one attached hydrogen (secondary N) is 1. The second-order valence-electron chi connectivity index (χ2n) is 8.24. The number of fused-ring (bicyclic) bond motifs is 1. The van der Waals surface area contributed by atoms with Gasteiger partial charge >= 0.3 is 5.69 Å². The first-order valence-corrected chi connectivity index (χ1v) is 12.1. The molecule has 32 heavy (non-hydrogen) atoms. The molecule has 1 heterocycles. The number of imidazole rings is 1. The number of carbonyl (C=O) groups is 1. The lowest BCUT2D eigenvalue weighted by Crippen LogP contribution is -2.25. The first kappa shape index (κ1) is 22.1. The Morgan fingerprint density at radius 3 is 2.19 bits per heavy atom. The molecule has 0 spiro atoms. The van der Waals surface area contributed by atoms with Crippen LogP contribution in [0.2, 0.25) is 0 Å². The molecule has 1 N–H and O–H groups in total. The Balaban J connectivity index is 1.86. The van der Waals surface area contributed by atoms with Crippen LogP contribution < -0.4 is 15.7 Å². The van der Waals surface area contributed by atoms with Gasteiger partial charge in [-0.3, -0.25) is 13.9 Å². The molecule has 1 aliphatic carbocycles. The van der Waals surface area contributed by atoms with E-state index in [9.17, 15) is 18.0 Å². The Bertz CT molecular complexity index is 1330. The molecule has 170 valence electrons. The summed E-state index contributed by atoms with van der Waals surface area (Å²) in [6, 6.07) is 9.12. The fraction of sp³-hybridized carbons (Fsp3) is 0.391. The number of aryl methyl sites for hydroxylation is 2. The van der Waals surface area contributed by atoms with Gasteiger partial charge in [0, 0.05) is 20.0 Å². The molecule has 8 nitrogen and oxygen atoms in total. The molecule has 0 saturated heterocycles. The zero-order valence-electron chi connectivity index (χ0n) is 18.4. The van der Waals surface area contributed by atoms with Crippen molar-refractivity contribution in [1.29, 1.82) is 0 Å². The number of methoxy groups -OCH3 is 1. The lowest BCUT2D eigenvalue weighted by molar-refractivity contribution is -0.120. The first-order chi connectivity index (χ1) is 15.2. The maximum Gasteiger partial charge on any atom is 0.328 e. The fourth-order valence-electron chi connectivity index (χ4n) is 4.33. The van der Waals surface area contributed by atoms with E-state index in [1.807, 2.05) is 0 Å². The number of anilines is 1. The second kappa shape index (κ2) is 8.46. The maximum absolute atomic E-state index is 13.6. The molecule has 3 aromatic rings.